The minimum atomic E-state index is -3.32. The smallest absolute Gasteiger partial charge is 0.234 e. The number of nitrogens with one attached hydrogen (secondary N) is 2. The molecule has 0 spiro atoms. The number of rotatable bonds is 8. The standard InChI is InChI=1S/C21H26N2O3S.ClH/c1-15-6-10-17(11-7-15)21(23-20(24)14-22-13-16-8-9-16)18-4-3-5-19(12-18)27(2,25)26;/h3-7,10-12,16,21-22H,8-9,13-14H2,1-2H3,(H,23,24);1H. The van der Waals surface area contributed by atoms with Crippen LogP contribution in [0.1, 0.15) is 35.6 Å². The lowest BCUT2D eigenvalue weighted by Crippen LogP contribution is -2.37. The molecule has 152 valence electrons. The van der Waals surface area contributed by atoms with Gasteiger partial charge >= 0.3 is 0 Å². The maximum atomic E-state index is 12.5. The van der Waals surface area contributed by atoms with Gasteiger partial charge in [0.2, 0.25) is 5.91 Å². The molecule has 2 aromatic carbocycles. The molecular weight excluding hydrogens is 396 g/mol. The van der Waals surface area contributed by atoms with Crippen LogP contribution in [0.2, 0.25) is 0 Å². The predicted molar refractivity (Wildman–Crippen MR) is 114 cm³/mol. The number of benzene rings is 2. The quantitative estimate of drug-likeness (QED) is 0.685. The molecule has 2 N–H and O–H groups in total. The van der Waals surface area contributed by atoms with Crippen LogP contribution in [0.25, 0.3) is 0 Å². The third-order valence-corrected chi connectivity index (χ3v) is 5.86. The topological polar surface area (TPSA) is 75.3 Å². The number of aryl methyl sites for hydroxylation is 1. The Balaban J connectivity index is 0.00000280. The lowest BCUT2D eigenvalue weighted by atomic mass is 9.97. The Morgan fingerprint density at radius 2 is 1.79 bits per heavy atom. The van der Waals surface area contributed by atoms with Gasteiger partial charge < -0.3 is 10.6 Å². The van der Waals surface area contributed by atoms with Gasteiger partial charge in [-0.15, -0.1) is 12.4 Å². The molecule has 1 unspecified atom stereocenters. The SMILES string of the molecule is Cc1ccc(C(NC(=O)CNCC2CC2)c2cccc(S(C)(=O)=O)c2)cc1.Cl. The first-order valence-corrected chi connectivity index (χ1v) is 11.1. The molecule has 5 nitrogen and oxygen atoms in total. The van der Waals surface area contributed by atoms with Crippen molar-refractivity contribution < 1.29 is 13.2 Å². The molecule has 1 saturated carbocycles. The summed E-state index contributed by atoms with van der Waals surface area (Å²) >= 11 is 0. The highest BCUT2D eigenvalue weighted by atomic mass is 35.5. The zero-order valence-electron chi connectivity index (χ0n) is 16.1. The minimum absolute atomic E-state index is 0. The van der Waals surface area contributed by atoms with E-state index in [9.17, 15) is 13.2 Å². The Bertz CT molecular complexity index is 910. The Labute approximate surface area is 173 Å². The molecule has 0 radical (unpaired) electrons. The number of hydrogen-bond acceptors (Lipinski definition) is 4. The second kappa shape index (κ2) is 9.54. The minimum Gasteiger partial charge on any atom is -0.344 e. The highest BCUT2D eigenvalue weighted by molar-refractivity contribution is 7.90. The average molecular weight is 423 g/mol. The van der Waals surface area contributed by atoms with E-state index in [1.807, 2.05) is 37.3 Å². The monoisotopic (exact) mass is 422 g/mol. The molecule has 1 amide bonds. The molecule has 28 heavy (non-hydrogen) atoms. The maximum absolute atomic E-state index is 12.5. The Kier molecular flexibility index (Phi) is 7.63. The highest BCUT2D eigenvalue weighted by Crippen LogP contribution is 2.27. The molecule has 2 aromatic rings. The van der Waals surface area contributed by atoms with E-state index in [0.29, 0.717) is 5.92 Å². The number of halogens is 1. The van der Waals surface area contributed by atoms with Crippen LogP contribution in [0, 0.1) is 12.8 Å². The third-order valence-electron chi connectivity index (χ3n) is 4.75. The van der Waals surface area contributed by atoms with Gasteiger partial charge in [0.1, 0.15) is 0 Å². The zero-order chi connectivity index (χ0) is 19.4. The van der Waals surface area contributed by atoms with Crippen molar-refractivity contribution >= 4 is 28.2 Å². The fourth-order valence-corrected chi connectivity index (χ4v) is 3.64. The Morgan fingerprint density at radius 3 is 2.39 bits per heavy atom. The van der Waals surface area contributed by atoms with Gasteiger partial charge in [-0.3, -0.25) is 4.79 Å². The van der Waals surface area contributed by atoms with Gasteiger partial charge in [0.25, 0.3) is 0 Å². The Morgan fingerprint density at radius 1 is 1.11 bits per heavy atom. The molecule has 0 saturated heterocycles. The molecular formula is C21H27ClN2O3S. The number of carbonyl (C=O) groups is 1. The number of amides is 1. The first kappa shape index (κ1) is 22.4. The fourth-order valence-electron chi connectivity index (χ4n) is 2.97. The average Bonchev–Trinajstić information content (AvgIpc) is 3.44. The first-order chi connectivity index (χ1) is 12.8. The van der Waals surface area contributed by atoms with Gasteiger partial charge in [0.05, 0.1) is 17.5 Å². The van der Waals surface area contributed by atoms with Gasteiger partial charge in [-0.1, -0.05) is 42.0 Å². The zero-order valence-corrected chi connectivity index (χ0v) is 17.8. The van der Waals surface area contributed by atoms with Crippen molar-refractivity contribution in [3.8, 4) is 0 Å². The van der Waals surface area contributed by atoms with Crippen LogP contribution in [0.5, 0.6) is 0 Å². The van der Waals surface area contributed by atoms with Gasteiger partial charge in [-0.25, -0.2) is 8.42 Å². The molecule has 7 heteroatoms. The van der Waals surface area contributed by atoms with Crippen molar-refractivity contribution in [1.82, 2.24) is 10.6 Å². The van der Waals surface area contributed by atoms with Crippen LogP contribution in [0.15, 0.2) is 53.4 Å². The van der Waals surface area contributed by atoms with Crippen LogP contribution < -0.4 is 10.6 Å². The van der Waals surface area contributed by atoms with E-state index >= 15 is 0 Å². The molecule has 0 heterocycles. The van der Waals surface area contributed by atoms with Gasteiger partial charge in [0, 0.05) is 6.26 Å². The molecule has 0 bridgehead atoms. The van der Waals surface area contributed by atoms with E-state index in [4.69, 9.17) is 0 Å². The van der Waals surface area contributed by atoms with Crippen LogP contribution in [-0.2, 0) is 14.6 Å². The largest absolute Gasteiger partial charge is 0.344 e. The summed E-state index contributed by atoms with van der Waals surface area (Å²) in [5.74, 6) is 0.600. The summed E-state index contributed by atoms with van der Waals surface area (Å²) in [6.07, 6.45) is 3.66. The van der Waals surface area contributed by atoms with Gasteiger partial charge in [0.15, 0.2) is 9.84 Å². The van der Waals surface area contributed by atoms with Crippen molar-refractivity contribution in [2.75, 3.05) is 19.3 Å². The predicted octanol–water partition coefficient (Wildman–Crippen LogP) is 3.03. The van der Waals surface area contributed by atoms with Crippen molar-refractivity contribution in [2.24, 2.45) is 5.92 Å². The normalized spacial score (nSPS) is 14.8. The summed E-state index contributed by atoms with van der Waals surface area (Å²) in [7, 11) is -3.32. The summed E-state index contributed by atoms with van der Waals surface area (Å²) < 4.78 is 23.8. The summed E-state index contributed by atoms with van der Waals surface area (Å²) in [5.41, 5.74) is 2.79. The van der Waals surface area contributed by atoms with Crippen LogP contribution in [0.3, 0.4) is 0 Å². The first-order valence-electron chi connectivity index (χ1n) is 9.19. The highest BCUT2D eigenvalue weighted by Gasteiger charge is 2.22. The van der Waals surface area contributed by atoms with Crippen LogP contribution in [-0.4, -0.2) is 33.7 Å². The fraction of sp³-hybridized carbons (Fsp3) is 0.381. The molecule has 1 aliphatic rings. The third kappa shape index (κ3) is 6.33. The molecule has 0 aromatic heterocycles. The molecule has 0 aliphatic heterocycles. The van der Waals surface area contributed by atoms with E-state index < -0.39 is 15.9 Å². The van der Waals surface area contributed by atoms with Crippen molar-refractivity contribution in [3.05, 3.63) is 65.2 Å². The molecule has 1 fully saturated rings. The van der Waals surface area contributed by atoms with Crippen molar-refractivity contribution in [2.45, 2.75) is 30.7 Å². The van der Waals surface area contributed by atoms with E-state index in [2.05, 4.69) is 10.6 Å². The molecule has 3 rings (SSSR count). The molecule has 1 atom stereocenters. The molecule has 1 aliphatic carbocycles. The lowest BCUT2D eigenvalue weighted by Gasteiger charge is -2.21. The lowest BCUT2D eigenvalue weighted by molar-refractivity contribution is -0.120. The van der Waals surface area contributed by atoms with Crippen molar-refractivity contribution in [1.29, 1.82) is 0 Å². The van der Waals surface area contributed by atoms with Gasteiger partial charge in [-0.05, 0) is 55.5 Å². The number of sulfone groups is 1. The maximum Gasteiger partial charge on any atom is 0.234 e. The van der Waals surface area contributed by atoms with E-state index in [1.165, 1.54) is 19.1 Å². The summed E-state index contributed by atoms with van der Waals surface area (Å²) in [4.78, 5) is 12.7. The Hall–Kier alpha value is -1.89. The number of hydrogen-bond donors (Lipinski definition) is 2. The number of carbonyl (C=O) groups excluding carboxylic acids is 1. The van der Waals surface area contributed by atoms with Crippen LogP contribution in [0.4, 0.5) is 0 Å². The van der Waals surface area contributed by atoms with Gasteiger partial charge in [-0.2, -0.15) is 0 Å². The second-order valence-electron chi connectivity index (χ2n) is 7.33. The summed E-state index contributed by atoms with van der Waals surface area (Å²) in [6.45, 7) is 3.13. The summed E-state index contributed by atoms with van der Waals surface area (Å²) in [5, 5.41) is 6.24. The van der Waals surface area contributed by atoms with E-state index in [1.54, 1.807) is 18.2 Å². The van der Waals surface area contributed by atoms with Crippen LogP contribution >= 0.6 is 12.4 Å². The van der Waals surface area contributed by atoms with E-state index in [0.717, 1.165) is 23.2 Å². The summed E-state index contributed by atoms with van der Waals surface area (Å²) in [6, 6.07) is 14.3. The van der Waals surface area contributed by atoms with Crippen molar-refractivity contribution in [3.63, 3.8) is 0 Å². The second-order valence-corrected chi connectivity index (χ2v) is 9.35. The van der Waals surface area contributed by atoms with E-state index in [-0.39, 0.29) is 29.8 Å².